The largest absolute Gasteiger partial charge is 0.388 e. The zero-order valence-electron chi connectivity index (χ0n) is 5.75. The molecule has 1 fully saturated rings. The molecule has 0 bridgehead atoms. The van der Waals surface area contributed by atoms with E-state index in [1.807, 2.05) is 0 Å². The van der Waals surface area contributed by atoms with E-state index in [9.17, 15) is 0 Å². The molecular formula is C7H13NO. The van der Waals surface area contributed by atoms with Gasteiger partial charge in [-0.3, -0.25) is 4.90 Å². The molecule has 1 aliphatic rings. The van der Waals surface area contributed by atoms with Crippen LogP contribution in [-0.2, 0) is 0 Å². The van der Waals surface area contributed by atoms with Gasteiger partial charge in [0.2, 0.25) is 0 Å². The number of rotatable bonds is 3. The minimum absolute atomic E-state index is 0.338. The van der Waals surface area contributed by atoms with Crippen LogP contribution in [0.25, 0.3) is 0 Å². The highest BCUT2D eigenvalue weighted by molar-refractivity contribution is 4.90. The maximum atomic E-state index is 9.03. The van der Waals surface area contributed by atoms with Crippen LogP contribution in [0, 0.1) is 0 Å². The second-order valence-electron chi connectivity index (χ2n) is 2.61. The van der Waals surface area contributed by atoms with E-state index in [-0.39, 0.29) is 6.10 Å². The summed E-state index contributed by atoms with van der Waals surface area (Å²) in [7, 11) is 0. The van der Waals surface area contributed by atoms with Gasteiger partial charge in [-0.25, -0.2) is 0 Å². The maximum absolute atomic E-state index is 9.03. The lowest BCUT2D eigenvalue weighted by Gasteiger charge is -2.04. The molecule has 0 aromatic carbocycles. The number of β-amino-alcohol motifs (C(OH)–C–C–N with tert-alkyl or cyclic N) is 1. The Labute approximate surface area is 55.8 Å². The van der Waals surface area contributed by atoms with Gasteiger partial charge >= 0.3 is 0 Å². The van der Waals surface area contributed by atoms with Crippen molar-refractivity contribution < 1.29 is 5.11 Å². The molecule has 0 saturated carbocycles. The van der Waals surface area contributed by atoms with Gasteiger partial charge in [-0.05, 0) is 6.92 Å². The van der Waals surface area contributed by atoms with Crippen LogP contribution in [0.3, 0.4) is 0 Å². The number of hydrogen-bond acceptors (Lipinski definition) is 2. The topological polar surface area (TPSA) is 23.2 Å². The van der Waals surface area contributed by atoms with Gasteiger partial charge in [0.1, 0.15) is 0 Å². The molecule has 52 valence electrons. The van der Waals surface area contributed by atoms with Crippen molar-refractivity contribution in [2.45, 2.75) is 19.1 Å². The summed E-state index contributed by atoms with van der Waals surface area (Å²) in [4.78, 5) is 2.20. The Bertz CT molecular complexity index is 113. The molecule has 2 heteroatoms. The molecule has 0 spiro atoms. The average Bonchev–Trinajstić information content (AvgIpc) is 2.47. The molecule has 2 nitrogen and oxygen atoms in total. The van der Waals surface area contributed by atoms with Gasteiger partial charge in [0, 0.05) is 19.1 Å². The Morgan fingerprint density at radius 1 is 2.00 bits per heavy atom. The fraction of sp³-hybridized carbons (Fsp3) is 0.714. The van der Waals surface area contributed by atoms with Crippen molar-refractivity contribution in [3.05, 3.63) is 12.7 Å². The summed E-state index contributed by atoms with van der Waals surface area (Å²) >= 11 is 0. The lowest BCUT2D eigenvalue weighted by Crippen LogP contribution is -2.16. The molecule has 1 heterocycles. The summed E-state index contributed by atoms with van der Waals surface area (Å²) in [5, 5.41) is 9.03. The van der Waals surface area contributed by atoms with E-state index >= 15 is 0 Å². The van der Waals surface area contributed by atoms with Crippen LogP contribution >= 0.6 is 0 Å². The van der Waals surface area contributed by atoms with E-state index in [1.54, 1.807) is 6.08 Å². The number of aliphatic hydroxyl groups is 1. The predicted octanol–water partition coefficient (Wildman–Crippen LogP) is 0.237. The first-order chi connectivity index (χ1) is 4.24. The molecule has 1 aliphatic heterocycles. The quantitative estimate of drug-likeness (QED) is 0.433. The van der Waals surface area contributed by atoms with Crippen molar-refractivity contribution in [1.82, 2.24) is 4.90 Å². The van der Waals surface area contributed by atoms with E-state index in [2.05, 4.69) is 18.4 Å². The molecule has 1 saturated heterocycles. The molecule has 0 aliphatic carbocycles. The van der Waals surface area contributed by atoms with E-state index in [0.717, 1.165) is 13.1 Å². The molecule has 0 amide bonds. The molecule has 0 aromatic heterocycles. The first-order valence-electron chi connectivity index (χ1n) is 3.28. The Hall–Kier alpha value is -0.340. The standard InChI is InChI=1S/C7H13NO/c1-3-7(9)5-8-4-6(8)2/h3,6-7,9H,1,4-5H2,2H3/t6?,7-,8?/m1/s1. The molecule has 2 unspecified atom stereocenters. The Morgan fingerprint density at radius 3 is 2.89 bits per heavy atom. The molecule has 1 N–H and O–H groups in total. The third kappa shape index (κ3) is 1.80. The first-order valence-corrected chi connectivity index (χ1v) is 3.28. The van der Waals surface area contributed by atoms with Crippen molar-refractivity contribution in [3.8, 4) is 0 Å². The van der Waals surface area contributed by atoms with Crippen LogP contribution in [0.4, 0.5) is 0 Å². The summed E-state index contributed by atoms with van der Waals surface area (Å²) in [5.74, 6) is 0. The number of nitrogens with zero attached hydrogens (tertiary/aromatic N) is 1. The third-order valence-electron chi connectivity index (χ3n) is 1.68. The van der Waals surface area contributed by atoms with Gasteiger partial charge in [0.05, 0.1) is 6.10 Å². The number of aliphatic hydroxyl groups excluding tert-OH is 1. The van der Waals surface area contributed by atoms with Gasteiger partial charge in [0.15, 0.2) is 0 Å². The smallest absolute Gasteiger partial charge is 0.0845 e. The average molecular weight is 127 g/mol. The maximum Gasteiger partial charge on any atom is 0.0845 e. The van der Waals surface area contributed by atoms with Gasteiger partial charge < -0.3 is 5.11 Å². The van der Waals surface area contributed by atoms with Crippen LogP contribution in [0.1, 0.15) is 6.92 Å². The first kappa shape index (κ1) is 6.78. The lowest BCUT2D eigenvalue weighted by molar-refractivity contribution is 0.196. The zero-order valence-corrected chi connectivity index (χ0v) is 5.75. The Morgan fingerprint density at radius 2 is 2.56 bits per heavy atom. The predicted molar refractivity (Wildman–Crippen MR) is 37.2 cm³/mol. The van der Waals surface area contributed by atoms with Crippen molar-refractivity contribution in [2.75, 3.05) is 13.1 Å². The van der Waals surface area contributed by atoms with Crippen LogP contribution in [0.2, 0.25) is 0 Å². The highest BCUT2D eigenvalue weighted by Crippen LogP contribution is 2.15. The fourth-order valence-electron chi connectivity index (χ4n) is 0.862. The molecular weight excluding hydrogens is 114 g/mol. The van der Waals surface area contributed by atoms with E-state index in [4.69, 9.17) is 5.11 Å². The van der Waals surface area contributed by atoms with Crippen molar-refractivity contribution in [3.63, 3.8) is 0 Å². The fourth-order valence-corrected chi connectivity index (χ4v) is 0.862. The van der Waals surface area contributed by atoms with Crippen molar-refractivity contribution in [2.24, 2.45) is 0 Å². The lowest BCUT2D eigenvalue weighted by atomic mass is 10.3. The normalized spacial score (nSPS) is 35.8. The van der Waals surface area contributed by atoms with E-state index in [0.29, 0.717) is 6.04 Å². The van der Waals surface area contributed by atoms with Crippen LogP contribution in [0.5, 0.6) is 0 Å². The minimum Gasteiger partial charge on any atom is -0.388 e. The summed E-state index contributed by atoms with van der Waals surface area (Å²) in [6.07, 6.45) is 1.24. The Balaban J connectivity index is 2.11. The summed E-state index contributed by atoms with van der Waals surface area (Å²) in [6.45, 7) is 7.52. The van der Waals surface area contributed by atoms with Gasteiger partial charge in [-0.15, -0.1) is 6.58 Å². The summed E-state index contributed by atoms with van der Waals surface area (Å²) in [5.41, 5.74) is 0. The molecule has 0 radical (unpaired) electrons. The number of hydrogen-bond donors (Lipinski definition) is 1. The highest BCUT2D eigenvalue weighted by atomic mass is 16.3. The van der Waals surface area contributed by atoms with Crippen LogP contribution in [-0.4, -0.2) is 35.2 Å². The van der Waals surface area contributed by atoms with Gasteiger partial charge in [0.25, 0.3) is 0 Å². The monoisotopic (exact) mass is 127 g/mol. The van der Waals surface area contributed by atoms with Crippen molar-refractivity contribution in [1.29, 1.82) is 0 Å². The van der Waals surface area contributed by atoms with Crippen molar-refractivity contribution >= 4 is 0 Å². The van der Waals surface area contributed by atoms with Crippen LogP contribution in [0.15, 0.2) is 12.7 Å². The van der Waals surface area contributed by atoms with Gasteiger partial charge in [-0.2, -0.15) is 0 Å². The highest BCUT2D eigenvalue weighted by Gasteiger charge is 2.29. The Kier molecular flexibility index (Phi) is 1.88. The SMILES string of the molecule is C=C[C@@H](O)CN1CC1C. The minimum atomic E-state index is -0.338. The molecule has 1 rings (SSSR count). The van der Waals surface area contributed by atoms with E-state index < -0.39 is 0 Å². The zero-order chi connectivity index (χ0) is 6.85. The summed E-state index contributed by atoms with van der Waals surface area (Å²) < 4.78 is 0. The van der Waals surface area contributed by atoms with E-state index in [1.165, 1.54) is 0 Å². The second-order valence-corrected chi connectivity index (χ2v) is 2.61. The second kappa shape index (κ2) is 2.50. The summed E-state index contributed by atoms with van der Waals surface area (Å²) in [6, 6.07) is 0.680. The van der Waals surface area contributed by atoms with Crippen LogP contribution < -0.4 is 0 Å². The third-order valence-corrected chi connectivity index (χ3v) is 1.68. The van der Waals surface area contributed by atoms with Gasteiger partial charge in [-0.1, -0.05) is 6.08 Å². The molecule has 9 heavy (non-hydrogen) atoms. The molecule has 3 atom stereocenters. The molecule has 0 aromatic rings.